The molecule has 0 atom stereocenters. The van der Waals surface area contributed by atoms with Gasteiger partial charge in [-0.1, -0.05) is 29.8 Å². The SMILES string of the molecule is CCC1(CC)CN(c2ccc(Br)c(C)c2)CCCN1. The molecule has 0 radical (unpaired) electrons. The van der Waals surface area contributed by atoms with Gasteiger partial charge in [0.05, 0.1) is 0 Å². The largest absolute Gasteiger partial charge is 0.370 e. The third-order valence-corrected chi connectivity index (χ3v) is 5.35. The molecular weight excluding hydrogens is 300 g/mol. The molecule has 0 spiro atoms. The minimum absolute atomic E-state index is 0.275. The van der Waals surface area contributed by atoms with Crippen molar-refractivity contribution < 1.29 is 0 Å². The van der Waals surface area contributed by atoms with Crippen LogP contribution in [0.4, 0.5) is 5.69 Å². The van der Waals surface area contributed by atoms with Gasteiger partial charge >= 0.3 is 0 Å². The van der Waals surface area contributed by atoms with Gasteiger partial charge in [-0.3, -0.25) is 0 Å². The van der Waals surface area contributed by atoms with Gasteiger partial charge < -0.3 is 10.2 Å². The van der Waals surface area contributed by atoms with Crippen LogP contribution in [0, 0.1) is 6.92 Å². The molecule has 1 fully saturated rings. The first kappa shape index (κ1) is 14.9. The molecule has 0 unspecified atom stereocenters. The summed E-state index contributed by atoms with van der Waals surface area (Å²) < 4.78 is 1.20. The minimum Gasteiger partial charge on any atom is -0.370 e. The predicted molar refractivity (Wildman–Crippen MR) is 87.0 cm³/mol. The number of aryl methyl sites for hydroxylation is 1. The molecule has 0 bridgehead atoms. The molecule has 0 saturated carbocycles. The number of benzene rings is 1. The van der Waals surface area contributed by atoms with E-state index in [0.29, 0.717) is 0 Å². The van der Waals surface area contributed by atoms with Crippen molar-refractivity contribution in [2.45, 2.75) is 45.6 Å². The van der Waals surface area contributed by atoms with E-state index in [0.717, 1.165) is 19.6 Å². The minimum atomic E-state index is 0.275. The molecule has 1 aliphatic rings. The van der Waals surface area contributed by atoms with Crippen molar-refractivity contribution in [2.75, 3.05) is 24.5 Å². The van der Waals surface area contributed by atoms with Crippen LogP contribution < -0.4 is 10.2 Å². The van der Waals surface area contributed by atoms with Crippen LogP contribution in [0.25, 0.3) is 0 Å². The molecule has 2 nitrogen and oxygen atoms in total. The van der Waals surface area contributed by atoms with Gasteiger partial charge in [-0.2, -0.15) is 0 Å². The first-order chi connectivity index (χ1) is 9.10. The van der Waals surface area contributed by atoms with E-state index < -0.39 is 0 Å². The molecule has 0 amide bonds. The number of nitrogens with one attached hydrogen (secondary N) is 1. The monoisotopic (exact) mass is 324 g/mol. The molecule has 1 saturated heterocycles. The summed E-state index contributed by atoms with van der Waals surface area (Å²) in [6.45, 7) is 10.2. The fourth-order valence-corrected chi connectivity index (χ4v) is 3.14. The Labute approximate surface area is 125 Å². The van der Waals surface area contributed by atoms with Gasteiger partial charge in [-0.05, 0) is 56.5 Å². The van der Waals surface area contributed by atoms with E-state index in [1.165, 1.54) is 35.0 Å². The molecule has 106 valence electrons. The number of hydrogen-bond donors (Lipinski definition) is 1. The Morgan fingerprint density at radius 1 is 1.32 bits per heavy atom. The summed E-state index contributed by atoms with van der Waals surface area (Å²) in [4.78, 5) is 2.55. The lowest BCUT2D eigenvalue weighted by Gasteiger charge is -2.36. The fourth-order valence-electron chi connectivity index (χ4n) is 2.89. The van der Waals surface area contributed by atoms with Crippen LogP contribution >= 0.6 is 15.9 Å². The Bertz CT molecular complexity index is 427. The summed E-state index contributed by atoms with van der Waals surface area (Å²) >= 11 is 3.59. The predicted octanol–water partition coefficient (Wildman–Crippen LogP) is 4.12. The molecule has 19 heavy (non-hydrogen) atoms. The third-order valence-electron chi connectivity index (χ3n) is 4.46. The molecule has 0 aliphatic carbocycles. The lowest BCUT2D eigenvalue weighted by Crippen LogP contribution is -2.50. The second-order valence-corrected chi connectivity index (χ2v) is 6.48. The van der Waals surface area contributed by atoms with Crippen LogP contribution in [0.2, 0.25) is 0 Å². The number of rotatable bonds is 3. The van der Waals surface area contributed by atoms with Gasteiger partial charge in [0, 0.05) is 28.8 Å². The zero-order valence-corrected chi connectivity index (χ0v) is 13.9. The third kappa shape index (κ3) is 3.32. The van der Waals surface area contributed by atoms with E-state index in [1.807, 2.05) is 0 Å². The van der Waals surface area contributed by atoms with Gasteiger partial charge in [0.2, 0.25) is 0 Å². The van der Waals surface area contributed by atoms with E-state index >= 15 is 0 Å². The van der Waals surface area contributed by atoms with Crippen LogP contribution in [0.1, 0.15) is 38.7 Å². The fraction of sp³-hybridized carbons (Fsp3) is 0.625. The van der Waals surface area contributed by atoms with E-state index in [-0.39, 0.29) is 5.54 Å². The van der Waals surface area contributed by atoms with E-state index in [9.17, 15) is 0 Å². The van der Waals surface area contributed by atoms with Crippen LogP contribution in [-0.4, -0.2) is 25.2 Å². The van der Waals surface area contributed by atoms with Crippen molar-refractivity contribution in [3.63, 3.8) is 0 Å². The van der Waals surface area contributed by atoms with Crippen LogP contribution in [0.5, 0.6) is 0 Å². The summed E-state index contributed by atoms with van der Waals surface area (Å²) in [6, 6.07) is 6.70. The number of hydrogen-bond acceptors (Lipinski definition) is 2. The second-order valence-electron chi connectivity index (χ2n) is 5.62. The van der Waals surface area contributed by atoms with Gasteiger partial charge in [-0.25, -0.2) is 0 Å². The van der Waals surface area contributed by atoms with E-state index in [1.54, 1.807) is 0 Å². The van der Waals surface area contributed by atoms with Crippen molar-refractivity contribution in [2.24, 2.45) is 0 Å². The quantitative estimate of drug-likeness (QED) is 0.899. The molecule has 3 heteroatoms. The van der Waals surface area contributed by atoms with Crippen LogP contribution in [0.15, 0.2) is 22.7 Å². The van der Waals surface area contributed by atoms with Gasteiger partial charge in [0.25, 0.3) is 0 Å². The summed E-state index contributed by atoms with van der Waals surface area (Å²) in [6.07, 6.45) is 3.60. The van der Waals surface area contributed by atoms with Crippen molar-refractivity contribution in [3.05, 3.63) is 28.2 Å². The molecule has 1 aliphatic heterocycles. The Morgan fingerprint density at radius 2 is 2.05 bits per heavy atom. The highest BCUT2D eigenvalue weighted by molar-refractivity contribution is 9.10. The highest BCUT2D eigenvalue weighted by Crippen LogP contribution is 2.27. The maximum Gasteiger partial charge on any atom is 0.0370 e. The number of nitrogens with zero attached hydrogens (tertiary/aromatic N) is 1. The average Bonchev–Trinajstić information content (AvgIpc) is 2.65. The first-order valence-electron chi connectivity index (χ1n) is 7.36. The smallest absolute Gasteiger partial charge is 0.0370 e. The maximum absolute atomic E-state index is 3.77. The van der Waals surface area contributed by atoms with Crippen LogP contribution in [0.3, 0.4) is 0 Å². The molecule has 0 aromatic heterocycles. The Morgan fingerprint density at radius 3 is 2.68 bits per heavy atom. The Hall–Kier alpha value is -0.540. The molecular formula is C16H25BrN2. The molecule has 1 aromatic rings. The summed E-state index contributed by atoms with van der Waals surface area (Å²) in [5, 5.41) is 3.77. The Kier molecular flexibility index (Phi) is 4.91. The zero-order chi connectivity index (χ0) is 13.9. The van der Waals surface area contributed by atoms with Crippen molar-refractivity contribution in [1.29, 1.82) is 0 Å². The second kappa shape index (κ2) is 6.27. The van der Waals surface area contributed by atoms with Gasteiger partial charge in [0.1, 0.15) is 0 Å². The normalized spacial score (nSPS) is 19.3. The lowest BCUT2D eigenvalue weighted by atomic mass is 9.92. The number of anilines is 1. The Balaban J connectivity index is 2.24. The highest BCUT2D eigenvalue weighted by atomic mass is 79.9. The lowest BCUT2D eigenvalue weighted by molar-refractivity contribution is 0.321. The van der Waals surface area contributed by atoms with Gasteiger partial charge in [0.15, 0.2) is 0 Å². The molecule has 1 heterocycles. The van der Waals surface area contributed by atoms with E-state index in [4.69, 9.17) is 0 Å². The molecule has 2 rings (SSSR count). The topological polar surface area (TPSA) is 15.3 Å². The first-order valence-corrected chi connectivity index (χ1v) is 8.15. The summed E-state index contributed by atoms with van der Waals surface area (Å²) in [5.41, 5.74) is 2.95. The van der Waals surface area contributed by atoms with Crippen LogP contribution in [-0.2, 0) is 0 Å². The summed E-state index contributed by atoms with van der Waals surface area (Å²) in [7, 11) is 0. The van der Waals surface area contributed by atoms with Gasteiger partial charge in [-0.15, -0.1) is 0 Å². The van der Waals surface area contributed by atoms with Crippen molar-refractivity contribution in [1.82, 2.24) is 5.32 Å². The summed E-state index contributed by atoms with van der Waals surface area (Å²) in [5.74, 6) is 0. The highest BCUT2D eigenvalue weighted by Gasteiger charge is 2.30. The maximum atomic E-state index is 3.77. The van der Waals surface area contributed by atoms with E-state index in [2.05, 4.69) is 65.1 Å². The molecule has 1 aromatic carbocycles. The van der Waals surface area contributed by atoms with Crippen molar-refractivity contribution in [3.8, 4) is 0 Å². The average molecular weight is 325 g/mol. The molecule has 1 N–H and O–H groups in total. The number of halogens is 1. The van der Waals surface area contributed by atoms with Crippen molar-refractivity contribution >= 4 is 21.6 Å². The standard InChI is InChI=1S/C16H25BrN2/c1-4-16(5-2)12-19(10-6-9-18-16)14-7-8-15(17)13(3)11-14/h7-8,11,18H,4-6,9-10,12H2,1-3H3. The zero-order valence-electron chi connectivity index (χ0n) is 12.3.